The highest BCUT2D eigenvalue weighted by Gasteiger charge is 2.46. The first-order valence-corrected chi connectivity index (χ1v) is 6.84. The third-order valence-corrected chi connectivity index (χ3v) is 4.47. The Kier molecular flexibility index (Phi) is 2.90. The van der Waals surface area contributed by atoms with Crippen LogP contribution in [-0.2, 0) is 9.59 Å². The molecule has 1 atom stereocenters. The van der Waals surface area contributed by atoms with Gasteiger partial charge in [0.25, 0.3) is 0 Å². The molecule has 4 aliphatic heterocycles. The Morgan fingerprint density at radius 3 is 2.24 bits per heavy atom. The average Bonchev–Trinajstić information content (AvgIpc) is 2.40. The number of carbonyl (C=O) groups is 2. The van der Waals surface area contributed by atoms with E-state index >= 15 is 0 Å². The Hall–Kier alpha value is -0.900. The number of amides is 1. The van der Waals surface area contributed by atoms with Gasteiger partial charge in [-0.2, -0.15) is 0 Å². The molecule has 0 aromatic heterocycles. The van der Waals surface area contributed by atoms with Gasteiger partial charge in [-0.3, -0.25) is 14.5 Å². The lowest BCUT2D eigenvalue weighted by Gasteiger charge is -2.44. The van der Waals surface area contributed by atoms with Crippen LogP contribution in [0.1, 0.15) is 32.1 Å². The van der Waals surface area contributed by atoms with Gasteiger partial charge >= 0.3 is 0 Å². The number of fused-ring (bicyclic) bond motifs is 3. The van der Waals surface area contributed by atoms with Crippen molar-refractivity contribution in [3.8, 4) is 0 Å². The van der Waals surface area contributed by atoms with Crippen LogP contribution in [-0.4, -0.2) is 53.7 Å². The molecule has 4 rings (SSSR count). The predicted octanol–water partition coefficient (Wildman–Crippen LogP) is 0.662. The summed E-state index contributed by atoms with van der Waals surface area (Å²) in [6.45, 7) is 3.56. The number of hydrogen-bond donors (Lipinski definition) is 0. The lowest BCUT2D eigenvalue weighted by atomic mass is 9.81. The Labute approximate surface area is 102 Å². The van der Waals surface area contributed by atoms with E-state index in [0.717, 1.165) is 51.9 Å². The maximum atomic E-state index is 12.4. The van der Waals surface area contributed by atoms with Gasteiger partial charge in [0.05, 0.1) is 0 Å². The van der Waals surface area contributed by atoms with Crippen LogP contribution in [0.15, 0.2) is 0 Å². The molecule has 1 amide bonds. The summed E-state index contributed by atoms with van der Waals surface area (Å²) < 4.78 is 0. The summed E-state index contributed by atoms with van der Waals surface area (Å²) in [5.74, 6) is 0.441. The van der Waals surface area contributed by atoms with E-state index in [2.05, 4.69) is 4.90 Å². The number of piperidine rings is 4. The van der Waals surface area contributed by atoms with Crippen LogP contribution in [0.2, 0.25) is 0 Å². The smallest absolute Gasteiger partial charge is 0.247 e. The number of hydrogen-bond acceptors (Lipinski definition) is 3. The molecule has 4 aliphatic rings. The number of ketones is 1. The highest BCUT2D eigenvalue weighted by Crippen LogP contribution is 2.30. The maximum Gasteiger partial charge on any atom is 0.247 e. The van der Waals surface area contributed by atoms with E-state index in [1.165, 1.54) is 6.42 Å². The van der Waals surface area contributed by atoms with Crippen LogP contribution < -0.4 is 0 Å². The van der Waals surface area contributed by atoms with Gasteiger partial charge in [-0.25, -0.2) is 0 Å². The number of likely N-dealkylation sites (tertiary alicyclic amines) is 1. The third-order valence-electron chi connectivity index (χ3n) is 4.47. The Bertz CT molecular complexity index is 328. The molecule has 0 aromatic carbocycles. The number of rotatable bonds is 1. The van der Waals surface area contributed by atoms with E-state index < -0.39 is 6.04 Å². The minimum atomic E-state index is -0.430. The SMILES string of the molecule is O=C1C2CCN(CC2)C1C(=O)N1CCCCC1. The van der Waals surface area contributed by atoms with Crippen molar-refractivity contribution in [1.82, 2.24) is 9.80 Å². The zero-order chi connectivity index (χ0) is 11.8. The summed E-state index contributed by atoms with van der Waals surface area (Å²) in [5.41, 5.74) is 0. The molecule has 4 heterocycles. The number of nitrogens with zero attached hydrogens (tertiary/aromatic N) is 2. The molecule has 4 fully saturated rings. The van der Waals surface area contributed by atoms with Crippen LogP contribution in [0.25, 0.3) is 0 Å². The average molecular weight is 236 g/mol. The zero-order valence-electron chi connectivity index (χ0n) is 10.2. The summed E-state index contributed by atoms with van der Waals surface area (Å²) in [5, 5.41) is 0. The van der Waals surface area contributed by atoms with Crippen LogP contribution in [0.4, 0.5) is 0 Å². The van der Waals surface area contributed by atoms with Gasteiger partial charge in [0, 0.05) is 32.1 Å². The standard InChI is InChI=1S/C13H20N2O2/c16-12-10-4-8-14(9-5-10)11(12)13(17)15-6-2-1-3-7-15/h10-11H,1-9H2. The minimum absolute atomic E-state index is 0.0825. The normalized spacial score (nSPS) is 37.3. The quantitative estimate of drug-likeness (QED) is 0.628. The molecule has 2 bridgehead atoms. The first-order chi connectivity index (χ1) is 8.27. The minimum Gasteiger partial charge on any atom is -0.341 e. The van der Waals surface area contributed by atoms with E-state index in [9.17, 15) is 9.59 Å². The van der Waals surface area contributed by atoms with Crippen LogP contribution >= 0.6 is 0 Å². The lowest BCUT2D eigenvalue weighted by Crippen LogP contribution is -2.62. The molecule has 4 saturated heterocycles. The molecule has 1 unspecified atom stereocenters. The van der Waals surface area contributed by atoms with E-state index in [1.54, 1.807) is 0 Å². The van der Waals surface area contributed by atoms with Gasteiger partial charge in [-0.15, -0.1) is 0 Å². The summed E-state index contributed by atoms with van der Waals surface area (Å²) in [7, 11) is 0. The van der Waals surface area contributed by atoms with Gasteiger partial charge < -0.3 is 4.90 Å². The maximum absolute atomic E-state index is 12.4. The molecule has 0 saturated carbocycles. The van der Waals surface area contributed by atoms with Gasteiger partial charge in [0.2, 0.25) is 5.91 Å². The van der Waals surface area contributed by atoms with Crippen molar-refractivity contribution in [2.45, 2.75) is 38.1 Å². The molecule has 0 spiro atoms. The van der Waals surface area contributed by atoms with Crippen molar-refractivity contribution in [2.75, 3.05) is 26.2 Å². The summed E-state index contributed by atoms with van der Waals surface area (Å²) in [6, 6.07) is -0.430. The highest BCUT2D eigenvalue weighted by atomic mass is 16.2. The molecule has 4 nitrogen and oxygen atoms in total. The number of carbonyl (C=O) groups excluding carboxylic acids is 2. The monoisotopic (exact) mass is 236 g/mol. The molecule has 0 radical (unpaired) electrons. The van der Waals surface area contributed by atoms with E-state index in [-0.39, 0.29) is 17.6 Å². The zero-order valence-corrected chi connectivity index (χ0v) is 10.2. The van der Waals surface area contributed by atoms with Crippen LogP contribution in [0, 0.1) is 5.92 Å². The van der Waals surface area contributed by atoms with Crippen molar-refractivity contribution >= 4 is 11.7 Å². The van der Waals surface area contributed by atoms with Crippen LogP contribution in [0.3, 0.4) is 0 Å². The second-order valence-corrected chi connectivity index (χ2v) is 5.50. The highest BCUT2D eigenvalue weighted by molar-refractivity contribution is 6.07. The summed E-state index contributed by atoms with van der Waals surface area (Å²) >= 11 is 0. The van der Waals surface area contributed by atoms with Crippen LogP contribution in [0.5, 0.6) is 0 Å². The van der Waals surface area contributed by atoms with E-state index in [4.69, 9.17) is 0 Å². The first-order valence-electron chi connectivity index (χ1n) is 6.84. The van der Waals surface area contributed by atoms with Gasteiger partial charge in [-0.1, -0.05) is 0 Å². The Morgan fingerprint density at radius 1 is 1.00 bits per heavy atom. The fourth-order valence-corrected chi connectivity index (χ4v) is 3.41. The third kappa shape index (κ3) is 1.88. The number of Topliss-reactive ketones (excluding diaryl/α,β-unsaturated/α-hetero) is 1. The molecular weight excluding hydrogens is 216 g/mol. The molecule has 0 aliphatic carbocycles. The molecule has 94 valence electrons. The van der Waals surface area contributed by atoms with E-state index in [1.807, 2.05) is 4.90 Å². The lowest BCUT2D eigenvalue weighted by molar-refractivity contribution is -0.152. The van der Waals surface area contributed by atoms with Gasteiger partial charge in [0.1, 0.15) is 6.04 Å². The second-order valence-electron chi connectivity index (χ2n) is 5.50. The van der Waals surface area contributed by atoms with Gasteiger partial charge in [0.15, 0.2) is 5.78 Å². The predicted molar refractivity (Wildman–Crippen MR) is 63.5 cm³/mol. The second kappa shape index (κ2) is 4.41. The summed E-state index contributed by atoms with van der Waals surface area (Å²) in [6.07, 6.45) is 5.33. The van der Waals surface area contributed by atoms with Crippen molar-refractivity contribution in [3.05, 3.63) is 0 Å². The van der Waals surface area contributed by atoms with Crippen molar-refractivity contribution in [1.29, 1.82) is 0 Å². The fourth-order valence-electron chi connectivity index (χ4n) is 3.41. The largest absolute Gasteiger partial charge is 0.341 e. The fraction of sp³-hybridized carbons (Fsp3) is 0.846. The molecule has 0 aromatic rings. The molecule has 0 N–H and O–H groups in total. The van der Waals surface area contributed by atoms with E-state index in [0.29, 0.717) is 0 Å². The van der Waals surface area contributed by atoms with Gasteiger partial charge in [-0.05, 0) is 32.1 Å². The molecular formula is C13H20N2O2. The Morgan fingerprint density at radius 2 is 1.65 bits per heavy atom. The summed E-state index contributed by atoms with van der Waals surface area (Å²) in [4.78, 5) is 28.6. The molecule has 17 heavy (non-hydrogen) atoms. The first kappa shape index (κ1) is 11.2. The van der Waals surface area contributed by atoms with Crippen molar-refractivity contribution < 1.29 is 9.59 Å². The molecule has 4 heteroatoms. The topological polar surface area (TPSA) is 40.6 Å². The van der Waals surface area contributed by atoms with Crippen molar-refractivity contribution in [3.63, 3.8) is 0 Å². The Balaban J connectivity index is 1.74. The van der Waals surface area contributed by atoms with Crippen molar-refractivity contribution in [2.24, 2.45) is 5.92 Å².